The van der Waals surface area contributed by atoms with Crippen LogP contribution in [0.2, 0.25) is 0 Å². The largest absolute Gasteiger partial charge is 0.449 e. The maximum Gasteiger partial charge on any atom is 0.178 e. The van der Waals surface area contributed by atoms with Crippen LogP contribution in [0.25, 0.3) is 6.08 Å². The summed E-state index contributed by atoms with van der Waals surface area (Å²) in [7, 11) is 2.10. The summed E-state index contributed by atoms with van der Waals surface area (Å²) in [5.74, 6) is 0.826. The second-order valence-corrected chi connectivity index (χ2v) is 7.18. The SMILES string of the molecule is Cc1cccc(C)c1OC(=S)C1C=CC=C2C1=Cc1ccccc1N2C. The van der Waals surface area contributed by atoms with Crippen molar-refractivity contribution in [2.24, 2.45) is 5.92 Å². The summed E-state index contributed by atoms with van der Waals surface area (Å²) in [6, 6.07) is 14.6. The van der Waals surface area contributed by atoms with Gasteiger partial charge in [-0.2, -0.15) is 0 Å². The van der Waals surface area contributed by atoms with E-state index in [4.69, 9.17) is 17.0 Å². The van der Waals surface area contributed by atoms with Crippen LogP contribution in [0.4, 0.5) is 5.69 Å². The Balaban J connectivity index is 1.70. The van der Waals surface area contributed by atoms with E-state index < -0.39 is 0 Å². The molecule has 2 nitrogen and oxygen atoms in total. The summed E-state index contributed by atoms with van der Waals surface area (Å²) in [6.45, 7) is 4.10. The van der Waals surface area contributed by atoms with Crippen LogP contribution in [0.15, 0.2) is 72.0 Å². The van der Waals surface area contributed by atoms with Gasteiger partial charge in [0.15, 0.2) is 5.05 Å². The van der Waals surface area contributed by atoms with Crippen molar-refractivity contribution in [2.75, 3.05) is 11.9 Å². The van der Waals surface area contributed by atoms with Gasteiger partial charge in [0.25, 0.3) is 0 Å². The number of nitrogens with zero attached hydrogens (tertiary/aromatic N) is 1. The maximum atomic E-state index is 6.18. The molecule has 3 heteroatoms. The van der Waals surface area contributed by atoms with Gasteiger partial charge in [0.05, 0.1) is 5.92 Å². The van der Waals surface area contributed by atoms with Gasteiger partial charge >= 0.3 is 0 Å². The summed E-state index contributed by atoms with van der Waals surface area (Å²) in [5.41, 5.74) is 6.97. The number of aryl methyl sites for hydroxylation is 2. The number of ether oxygens (including phenoxy) is 1. The topological polar surface area (TPSA) is 12.5 Å². The smallest absolute Gasteiger partial charge is 0.178 e. The number of rotatable bonds is 2. The van der Waals surface area contributed by atoms with E-state index >= 15 is 0 Å². The van der Waals surface area contributed by atoms with E-state index in [0.717, 1.165) is 16.9 Å². The number of hydrogen-bond donors (Lipinski definition) is 0. The van der Waals surface area contributed by atoms with Gasteiger partial charge in [0.1, 0.15) is 5.75 Å². The van der Waals surface area contributed by atoms with Crippen LogP contribution < -0.4 is 9.64 Å². The molecule has 26 heavy (non-hydrogen) atoms. The fraction of sp³-hybridized carbons (Fsp3) is 0.174. The number of likely N-dealkylation sites (N-methyl/N-ethyl adjacent to an activating group) is 1. The van der Waals surface area contributed by atoms with Crippen molar-refractivity contribution in [1.82, 2.24) is 0 Å². The molecule has 0 radical (unpaired) electrons. The van der Waals surface area contributed by atoms with Crippen molar-refractivity contribution in [3.8, 4) is 5.75 Å². The Kier molecular flexibility index (Phi) is 4.25. The van der Waals surface area contributed by atoms with Gasteiger partial charge in [-0.15, -0.1) is 0 Å². The number of para-hydroxylation sites is 2. The van der Waals surface area contributed by atoms with Crippen molar-refractivity contribution < 1.29 is 4.74 Å². The van der Waals surface area contributed by atoms with E-state index in [1.165, 1.54) is 22.5 Å². The number of hydrogen-bond acceptors (Lipinski definition) is 3. The molecule has 130 valence electrons. The van der Waals surface area contributed by atoms with Crippen LogP contribution in [0.1, 0.15) is 16.7 Å². The number of thiocarbonyl (C=S) groups is 1. The van der Waals surface area contributed by atoms with Crippen LogP contribution in [0, 0.1) is 19.8 Å². The molecule has 0 saturated heterocycles. The summed E-state index contributed by atoms with van der Waals surface area (Å²) < 4.78 is 6.18. The third-order valence-corrected chi connectivity index (χ3v) is 5.36. The van der Waals surface area contributed by atoms with Crippen LogP contribution >= 0.6 is 12.2 Å². The lowest BCUT2D eigenvalue weighted by Gasteiger charge is -2.34. The molecule has 1 aliphatic heterocycles. The fourth-order valence-electron chi connectivity index (χ4n) is 3.63. The summed E-state index contributed by atoms with van der Waals surface area (Å²) in [5, 5.41) is 0.586. The second-order valence-electron chi connectivity index (χ2n) is 6.77. The van der Waals surface area contributed by atoms with Crippen molar-refractivity contribution in [3.05, 3.63) is 88.7 Å². The highest BCUT2D eigenvalue weighted by Crippen LogP contribution is 2.40. The molecule has 1 aliphatic carbocycles. The van der Waals surface area contributed by atoms with E-state index in [0.29, 0.717) is 5.05 Å². The van der Waals surface area contributed by atoms with Crippen LogP contribution in [0.3, 0.4) is 0 Å². The molecule has 2 aromatic carbocycles. The minimum absolute atomic E-state index is 0.0418. The number of benzene rings is 2. The highest BCUT2D eigenvalue weighted by Gasteiger charge is 2.30. The Labute approximate surface area is 160 Å². The minimum Gasteiger partial charge on any atom is -0.449 e. The zero-order valence-corrected chi connectivity index (χ0v) is 16.0. The molecule has 0 fully saturated rings. The lowest BCUT2D eigenvalue weighted by molar-refractivity contribution is 0.529. The summed E-state index contributed by atoms with van der Waals surface area (Å²) in [6.07, 6.45) is 8.56. The molecular formula is C23H21NOS. The molecule has 0 bridgehead atoms. The average Bonchev–Trinajstić information content (AvgIpc) is 2.64. The third kappa shape index (κ3) is 2.78. The Bertz CT molecular complexity index is 963. The standard InChI is InChI=1S/C23H21NOS/c1-15-8-6-9-16(2)22(15)25-23(26)18-11-7-13-21-19(18)14-17-10-4-5-12-20(17)24(21)3/h4-14,18H,1-3H3. The molecule has 1 heterocycles. The van der Waals surface area contributed by atoms with Gasteiger partial charge in [0, 0.05) is 18.4 Å². The summed E-state index contributed by atoms with van der Waals surface area (Å²) in [4.78, 5) is 2.22. The molecule has 2 aliphatic rings. The normalized spacial score (nSPS) is 17.8. The Morgan fingerprint density at radius 1 is 1.04 bits per heavy atom. The lowest BCUT2D eigenvalue weighted by Crippen LogP contribution is -2.30. The Morgan fingerprint density at radius 3 is 2.54 bits per heavy atom. The van der Waals surface area contributed by atoms with Crippen molar-refractivity contribution in [2.45, 2.75) is 13.8 Å². The van der Waals surface area contributed by atoms with Crippen LogP contribution in [0.5, 0.6) is 5.75 Å². The molecule has 0 amide bonds. The quantitative estimate of drug-likeness (QED) is 0.646. The predicted molar refractivity (Wildman–Crippen MR) is 113 cm³/mol. The van der Waals surface area contributed by atoms with Gasteiger partial charge in [-0.25, -0.2) is 0 Å². The first-order chi connectivity index (χ1) is 12.6. The van der Waals surface area contributed by atoms with Crippen LogP contribution in [-0.2, 0) is 0 Å². The Hall–Kier alpha value is -2.65. The first-order valence-corrected chi connectivity index (χ1v) is 9.18. The van der Waals surface area contributed by atoms with Gasteiger partial charge in [-0.3, -0.25) is 0 Å². The number of fused-ring (bicyclic) bond motifs is 2. The van der Waals surface area contributed by atoms with Gasteiger partial charge in [0.2, 0.25) is 0 Å². The second kappa shape index (κ2) is 6.58. The first-order valence-electron chi connectivity index (χ1n) is 8.77. The molecule has 1 unspecified atom stereocenters. The summed E-state index contributed by atoms with van der Waals surface area (Å²) >= 11 is 5.72. The highest BCUT2D eigenvalue weighted by atomic mass is 32.1. The molecule has 2 aromatic rings. The fourth-order valence-corrected chi connectivity index (χ4v) is 3.92. The van der Waals surface area contributed by atoms with Crippen molar-refractivity contribution in [1.29, 1.82) is 0 Å². The van der Waals surface area contributed by atoms with E-state index in [2.05, 4.69) is 86.5 Å². The zero-order valence-electron chi connectivity index (χ0n) is 15.2. The van der Waals surface area contributed by atoms with Gasteiger partial charge in [-0.05, 0) is 66.5 Å². The molecule has 0 N–H and O–H groups in total. The Morgan fingerprint density at radius 2 is 1.77 bits per heavy atom. The maximum absolute atomic E-state index is 6.18. The molecule has 1 atom stereocenters. The molecule has 4 rings (SSSR count). The van der Waals surface area contributed by atoms with E-state index in [-0.39, 0.29) is 5.92 Å². The predicted octanol–water partition coefficient (Wildman–Crippen LogP) is 5.61. The minimum atomic E-state index is -0.0418. The average molecular weight is 359 g/mol. The monoisotopic (exact) mass is 359 g/mol. The molecule has 0 spiro atoms. The third-order valence-electron chi connectivity index (χ3n) is 5.02. The van der Waals surface area contributed by atoms with Crippen molar-refractivity contribution in [3.63, 3.8) is 0 Å². The van der Waals surface area contributed by atoms with E-state index in [1.807, 2.05) is 6.07 Å². The van der Waals surface area contributed by atoms with Crippen LogP contribution in [-0.4, -0.2) is 12.1 Å². The lowest BCUT2D eigenvalue weighted by atomic mass is 9.87. The molecule has 0 saturated carbocycles. The van der Waals surface area contributed by atoms with E-state index in [9.17, 15) is 0 Å². The number of anilines is 1. The first kappa shape index (κ1) is 16.8. The molecule has 0 aromatic heterocycles. The van der Waals surface area contributed by atoms with Gasteiger partial charge in [-0.1, -0.05) is 48.6 Å². The van der Waals surface area contributed by atoms with E-state index in [1.54, 1.807) is 0 Å². The zero-order chi connectivity index (χ0) is 18.3. The highest BCUT2D eigenvalue weighted by molar-refractivity contribution is 7.80. The van der Waals surface area contributed by atoms with Gasteiger partial charge < -0.3 is 9.64 Å². The number of allylic oxidation sites excluding steroid dienone is 3. The molecular weight excluding hydrogens is 338 g/mol. The van der Waals surface area contributed by atoms with Crippen molar-refractivity contribution >= 4 is 29.0 Å².